The Morgan fingerprint density at radius 3 is 2.70 bits per heavy atom. The molecule has 0 bridgehead atoms. The van der Waals surface area contributed by atoms with Crippen molar-refractivity contribution in [3.8, 4) is 5.75 Å². The Kier molecular flexibility index (Phi) is 6.10. The lowest BCUT2D eigenvalue weighted by Crippen LogP contribution is -2.24. The topological polar surface area (TPSA) is 76.7 Å². The van der Waals surface area contributed by atoms with Gasteiger partial charge in [0.15, 0.2) is 0 Å². The third-order valence-electron chi connectivity index (χ3n) is 2.77. The van der Waals surface area contributed by atoms with Crippen LogP contribution in [-0.4, -0.2) is 12.2 Å². The first-order valence-electron chi connectivity index (χ1n) is 6.41. The lowest BCUT2D eigenvalue weighted by molar-refractivity contribution is 0.249. The van der Waals surface area contributed by atoms with Crippen LogP contribution in [-0.2, 0) is 6.61 Å². The molecule has 2 amide bonds. The first-order valence-corrected chi connectivity index (χ1v) is 7.54. The zero-order valence-electron chi connectivity index (χ0n) is 11.7. The molecule has 0 heterocycles. The number of amides is 2. The van der Waals surface area contributed by atoms with E-state index in [1.165, 1.54) is 6.21 Å². The van der Waals surface area contributed by atoms with Gasteiger partial charge in [0.25, 0.3) is 0 Å². The van der Waals surface area contributed by atoms with Crippen molar-refractivity contribution in [2.45, 2.75) is 6.61 Å². The lowest BCUT2D eigenvalue weighted by atomic mass is 10.2. The highest BCUT2D eigenvalue weighted by Crippen LogP contribution is 2.32. The molecular formula is C15H12Cl3N3O2. The van der Waals surface area contributed by atoms with E-state index in [4.69, 9.17) is 45.3 Å². The average molecular weight is 373 g/mol. The summed E-state index contributed by atoms with van der Waals surface area (Å²) >= 11 is 18.2. The van der Waals surface area contributed by atoms with Gasteiger partial charge in [-0.2, -0.15) is 5.10 Å². The summed E-state index contributed by atoms with van der Waals surface area (Å²) < 4.78 is 5.68. The van der Waals surface area contributed by atoms with Crippen LogP contribution in [0.5, 0.6) is 5.75 Å². The molecule has 0 aromatic heterocycles. The second-order valence-electron chi connectivity index (χ2n) is 4.42. The third-order valence-corrected chi connectivity index (χ3v) is 3.97. The standard InChI is InChI=1S/C15H12Cl3N3O2/c16-12-4-5-13(17)14(18)11(12)8-23-10-3-1-2-9(6-10)7-20-21-15(19)22/h1-7H,8H2,(H3,19,21,22)/b20-7+. The number of carbonyl (C=O) groups is 1. The van der Waals surface area contributed by atoms with Crippen molar-refractivity contribution < 1.29 is 9.53 Å². The number of nitrogens with two attached hydrogens (primary N) is 1. The monoisotopic (exact) mass is 371 g/mol. The highest BCUT2D eigenvalue weighted by Gasteiger charge is 2.10. The molecule has 0 aliphatic rings. The van der Waals surface area contributed by atoms with Crippen molar-refractivity contribution in [1.82, 2.24) is 5.43 Å². The number of hydrogen-bond acceptors (Lipinski definition) is 3. The van der Waals surface area contributed by atoms with Crippen LogP contribution in [0.4, 0.5) is 4.79 Å². The number of nitrogens with zero attached hydrogens (tertiary/aromatic N) is 1. The van der Waals surface area contributed by atoms with Gasteiger partial charge in [-0.3, -0.25) is 0 Å². The number of carbonyl (C=O) groups excluding carboxylic acids is 1. The van der Waals surface area contributed by atoms with Crippen molar-refractivity contribution in [1.29, 1.82) is 0 Å². The van der Waals surface area contributed by atoms with E-state index in [0.717, 1.165) is 5.56 Å². The van der Waals surface area contributed by atoms with E-state index >= 15 is 0 Å². The van der Waals surface area contributed by atoms with E-state index in [-0.39, 0.29) is 6.61 Å². The van der Waals surface area contributed by atoms with E-state index in [1.807, 2.05) is 0 Å². The summed E-state index contributed by atoms with van der Waals surface area (Å²) in [5.41, 5.74) is 8.35. The Morgan fingerprint density at radius 1 is 1.22 bits per heavy atom. The van der Waals surface area contributed by atoms with Crippen LogP contribution in [0.1, 0.15) is 11.1 Å². The molecule has 0 saturated carbocycles. The summed E-state index contributed by atoms with van der Waals surface area (Å²) in [4.78, 5) is 10.5. The molecule has 0 aliphatic carbocycles. The number of nitrogens with one attached hydrogen (secondary N) is 1. The first kappa shape index (κ1) is 17.4. The summed E-state index contributed by atoms with van der Waals surface area (Å²) in [6.07, 6.45) is 1.44. The smallest absolute Gasteiger partial charge is 0.332 e. The Morgan fingerprint density at radius 2 is 1.96 bits per heavy atom. The van der Waals surface area contributed by atoms with Gasteiger partial charge < -0.3 is 10.5 Å². The first-order chi connectivity index (χ1) is 11.0. The van der Waals surface area contributed by atoms with Crippen molar-refractivity contribution >= 4 is 47.0 Å². The van der Waals surface area contributed by atoms with Gasteiger partial charge in [-0.25, -0.2) is 10.2 Å². The summed E-state index contributed by atoms with van der Waals surface area (Å²) in [7, 11) is 0. The predicted octanol–water partition coefficient (Wildman–Crippen LogP) is 4.23. The lowest BCUT2D eigenvalue weighted by Gasteiger charge is -2.11. The van der Waals surface area contributed by atoms with Crippen molar-refractivity contribution in [3.63, 3.8) is 0 Å². The fourth-order valence-electron chi connectivity index (χ4n) is 1.71. The van der Waals surface area contributed by atoms with Crippen molar-refractivity contribution in [2.24, 2.45) is 10.8 Å². The minimum absolute atomic E-state index is 0.165. The normalized spacial score (nSPS) is 10.7. The summed E-state index contributed by atoms with van der Waals surface area (Å²) in [5.74, 6) is 0.583. The number of benzene rings is 2. The number of halogens is 3. The molecule has 0 saturated heterocycles. The van der Waals surface area contributed by atoms with E-state index in [2.05, 4.69) is 10.5 Å². The fraction of sp³-hybridized carbons (Fsp3) is 0.0667. The second-order valence-corrected chi connectivity index (χ2v) is 5.61. The third kappa shape index (κ3) is 5.03. The molecule has 23 heavy (non-hydrogen) atoms. The van der Waals surface area contributed by atoms with Gasteiger partial charge in [0.05, 0.1) is 16.3 Å². The van der Waals surface area contributed by atoms with Gasteiger partial charge in [-0.05, 0) is 29.8 Å². The molecular weight excluding hydrogens is 361 g/mol. The fourth-order valence-corrected chi connectivity index (χ4v) is 2.37. The van der Waals surface area contributed by atoms with Crippen molar-refractivity contribution in [3.05, 3.63) is 62.6 Å². The molecule has 2 aromatic rings. The zero-order chi connectivity index (χ0) is 16.8. The maximum absolute atomic E-state index is 10.5. The van der Waals surface area contributed by atoms with Gasteiger partial charge in [0.1, 0.15) is 12.4 Å². The molecule has 5 nitrogen and oxygen atoms in total. The number of hydrogen-bond donors (Lipinski definition) is 2. The number of hydrazone groups is 1. The predicted molar refractivity (Wildman–Crippen MR) is 92.6 cm³/mol. The van der Waals surface area contributed by atoms with Gasteiger partial charge in [0.2, 0.25) is 0 Å². The average Bonchev–Trinajstić information content (AvgIpc) is 2.51. The summed E-state index contributed by atoms with van der Waals surface area (Å²) in [6.45, 7) is 0.165. The van der Waals surface area contributed by atoms with E-state index < -0.39 is 6.03 Å². The minimum atomic E-state index is -0.737. The maximum Gasteiger partial charge on any atom is 0.332 e. The molecule has 3 N–H and O–H groups in total. The van der Waals surface area contributed by atoms with Crippen LogP contribution < -0.4 is 15.9 Å². The van der Waals surface area contributed by atoms with E-state index in [0.29, 0.717) is 26.4 Å². The Balaban J connectivity index is 2.08. The summed E-state index contributed by atoms with van der Waals surface area (Å²) in [6, 6.07) is 9.62. The van der Waals surface area contributed by atoms with E-state index in [1.54, 1.807) is 36.4 Å². The van der Waals surface area contributed by atoms with Crippen LogP contribution in [0.2, 0.25) is 15.1 Å². The molecule has 0 spiro atoms. The molecule has 8 heteroatoms. The minimum Gasteiger partial charge on any atom is -0.489 e. The highest BCUT2D eigenvalue weighted by atomic mass is 35.5. The maximum atomic E-state index is 10.5. The molecule has 0 atom stereocenters. The second kappa shape index (κ2) is 8.06. The largest absolute Gasteiger partial charge is 0.489 e. The van der Waals surface area contributed by atoms with Gasteiger partial charge >= 0.3 is 6.03 Å². The van der Waals surface area contributed by atoms with E-state index in [9.17, 15) is 4.79 Å². The number of ether oxygens (including phenoxy) is 1. The Labute approximate surface area is 148 Å². The molecule has 0 aliphatic heterocycles. The van der Waals surface area contributed by atoms with Gasteiger partial charge in [0, 0.05) is 10.6 Å². The Bertz CT molecular complexity index is 751. The van der Waals surface area contributed by atoms with Gasteiger partial charge in [-0.1, -0.05) is 46.9 Å². The molecule has 0 radical (unpaired) electrons. The number of rotatable bonds is 5. The van der Waals surface area contributed by atoms with Crippen LogP contribution in [0.15, 0.2) is 41.5 Å². The molecule has 2 aromatic carbocycles. The van der Waals surface area contributed by atoms with Crippen LogP contribution in [0.25, 0.3) is 0 Å². The molecule has 0 fully saturated rings. The highest BCUT2D eigenvalue weighted by molar-refractivity contribution is 6.44. The van der Waals surface area contributed by atoms with Gasteiger partial charge in [-0.15, -0.1) is 0 Å². The van der Waals surface area contributed by atoms with Crippen LogP contribution in [0.3, 0.4) is 0 Å². The molecule has 120 valence electrons. The van der Waals surface area contributed by atoms with Crippen LogP contribution >= 0.6 is 34.8 Å². The van der Waals surface area contributed by atoms with Crippen LogP contribution in [0, 0.1) is 0 Å². The SMILES string of the molecule is NC(=O)N/N=C/c1cccc(OCc2c(Cl)ccc(Cl)c2Cl)c1. The zero-order valence-corrected chi connectivity index (χ0v) is 14.0. The molecule has 2 rings (SSSR count). The Hall–Kier alpha value is -1.95. The summed E-state index contributed by atoms with van der Waals surface area (Å²) in [5, 5.41) is 4.92. The quantitative estimate of drug-likeness (QED) is 0.468. The van der Waals surface area contributed by atoms with Crippen molar-refractivity contribution in [2.75, 3.05) is 0 Å². The number of primary amides is 1. The number of urea groups is 1. The molecule has 0 unspecified atom stereocenters.